The molecule has 0 unspecified atom stereocenters. The molecule has 1 N–H and O–H groups in total. The topological polar surface area (TPSA) is 45.5 Å². The van der Waals surface area contributed by atoms with E-state index >= 15 is 0 Å². The summed E-state index contributed by atoms with van der Waals surface area (Å²) in [5.41, 5.74) is 4.10. The number of aryl methyl sites for hydroxylation is 2. The first-order chi connectivity index (χ1) is 10.7. The van der Waals surface area contributed by atoms with Gasteiger partial charge in [-0.2, -0.15) is 0 Å². The molecule has 5 heteroatoms. The lowest BCUT2D eigenvalue weighted by Gasteiger charge is -2.33. The molecule has 1 spiro atoms. The first-order valence-corrected chi connectivity index (χ1v) is 8.39. The molecule has 0 radical (unpaired) electrons. The van der Waals surface area contributed by atoms with Crippen LogP contribution in [-0.2, 0) is 6.54 Å². The van der Waals surface area contributed by atoms with Crippen molar-refractivity contribution in [2.24, 2.45) is 5.41 Å². The summed E-state index contributed by atoms with van der Waals surface area (Å²) in [6.07, 6.45) is 6.01. The Hall–Kier alpha value is -1.46. The fraction of sp³-hybridized carbons (Fsp3) is 0.647. The molecule has 0 saturated carbocycles. The van der Waals surface area contributed by atoms with Gasteiger partial charge in [0, 0.05) is 24.5 Å². The van der Waals surface area contributed by atoms with Crippen molar-refractivity contribution in [3.8, 4) is 0 Å². The number of likely N-dealkylation sites (tertiary alicyclic amines) is 1. The monoisotopic (exact) mass is 299 g/mol. The van der Waals surface area contributed by atoms with Crippen LogP contribution in [0.1, 0.15) is 36.3 Å². The van der Waals surface area contributed by atoms with E-state index in [0.717, 1.165) is 18.0 Å². The molecule has 2 aliphatic heterocycles. The van der Waals surface area contributed by atoms with Crippen LogP contribution in [0.4, 0.5) is 0 Å². The standard InChI is InChI=1S/C17H25N5/c1-13-9-14(2)22-15(10-19-16(22)20-13)11-21-8-5-17(12-21)3-6-18-7-4-17/h9-10,18H,3-8,11-12H2,1-2H3. The van der Waals surface area contributed by atoms with E-state index in [9.17, 15) is 0 Å². The van der Waals surface area contributed by atoms with Crippen molar-refractivity contribution in [2.75, 3.05) is 26.2 Å². The van der Waals surface area contributed by atoms with E-state index in [-0.39, 0.29) is 0 Å². The highest BCUT2D eigenvalue weighted by molar-refractivity contribution is 5.35. The zero-order valence-corrected chi connectivity index (χ0v) is 13.6. The lowest BCUT2D eigenvalue weighted by molar-refractivity contribution is 0.193. The normalized spacial score (nSPS) is 21.9. The molecule has 2 aromatic rings. The summed E-state index contributed by atoms with van der Waals surface area (Å²) in [6, 6.07) is 2.14. The highest BCUT2D eigenvalue weighted by Gasteiger charge is 2.38. The Morgan fingerprint density at radius 3 is 2.86 bits per heavy atom. The number of nitrogens with zero attached hydrogens (tertiary/aromatic N) is 4. The minimum Gasteiger partial charge on any atom is -0.317 e. The summed E-state index contributed by atoms with van der Waals surface area (Å²) in [7, 11) is 0. The van der Waals surface area contributed by atoms with Crippen LogP contribution in [0.3, 0.4) is 0 Å². The maximum Gasteiger partial charge on any atom is 0.234 e. The number of rotatable bonds is 2. The van der Waals surface area contributed by atoms with E-state index in [4.69, 9.17) is 0 Å². The molecule has 2 fully saturated rings. The Bertz CT molecular complexity index is 684. The van der Waals surface area contributed by atoms with Gasteiger partial charge in [-0.05, 0) is 64.2 Å². The van der Waals surface area contributed by atoms with Crippen LogP contribution in [0.5, 0.6) is 0 Å². The largest absolute Gasteiger partial charge is 0.317 e. The SMILES string of the molecule is Cc1cc(C)n2c(CN3CCC4(CCNCC4)C3)cnc2n1. The molecule has 0 amide bonds. The summed E-state index contributed by atoms with van der Waals surface area (Å²) >= 11 is 0. The predicted octanol–water partition coefficient (Wildman–Crippen LogP) is 1.92. The van der Waals surface area contributed by atoms with Gasteiger partial charge in [0.1, 0.15) is 0 Å². The summed E-state index contributed by atoms with van der Waals surface area (Å²) < 4.78 is 2.21. The third-order valence-corrected chi connectivity index (χ3v) is 5.43. The molecule has 4 heterocycles. The maximum absolute atomic E-state index is 4.54. The highest BCUT2D eigenvalue weighted by atomic mass is 15.2. The van der Waals surface area contributed by atoms with Crippen molar-refractivity contribution in [1.29, 1.82) is 0 Å². The third kappa shape index (κ3) is 2.42. The fourth-order valence-electron chi connectivity index (χ4n) is 4.26. The van der Waals surface area contributed by atoms with Crippen LogP contribution >= 0.6 is 0 Å². The molecule has 2 aromatic heterocycles. The smallest absolute Gasteiger partial charge is 0.234 e. The lowest BCUT2D eigenvalue weighted by atomic mass is 9.78. The number of nitrogens with one attached hydrogen (secondary N) is 1. The van der Waals surface area contributed by atoms with Gasteiger partial charge in [-0.3, -0.25) is 9.30 Å². The van der Waals surface area contributed by atoms with Crippen molar-refractivity contribution in [3.63, 3.8) is 0 Å². The molecule has 22 heavy (non-hydrogen) atoms. The Balaban J connectivity index is 1.55. The molecular weight excluding hydrogens is 274 g/mol. The first kappa shape index (κ1) is 14.2. The van der Waals surface area contributed by atoms with Crippen molar-refractivity contribution in [1.82, 2.24) is 24.6 Å². The molecule has 2 saturated heterocycles. The minimum absolute atomic E-state index is 0.565. The fourth-order valence-corrected chi connectivity index (χ4v) is 4.26. The number of hydrogen-bond donors (Lipinski definition) is 1. The Morgan fingerprint density at radius 2 is 2.05 bits per heavy atom. The molecule has 0 atom stereocenters. The quantitative estimate of drug-likeness (QED) is 0.920. The number of piperidine rings is 1. The zero-order valence-electron chi connectivity index (χ0n) is 13.6. The second kappa shape index (κ2) is 5.32. The number of hydrogen-bond acceptors (Lipinski definition) is 4. The van der Waals surface area contributed by atoms with Crippen molar-refractivity contribution < 1.29 is 0 Å². The molecule has 4 rings (SSSR count). The average molecular weight is 299 g/mol. The van der Waals surface area contributed by atoms with Gasteiger partial charge in [-0.1, -0.05) is 0 Å². The first-order valence-electron chi connectivity index (χ1n) is 8.39. The molecule has 5 nitrogen and oxygen atoms in total. The minimum atomic E-state index is 0.565. The number of imidazole rings is 1. The van der Waals surface area contributed by atoms with Gasteiger partial charge in [0.05, 0.1) is 11.9 Å². The van der Waals surface area contributed by atoms with Crippen molar-refractivity contribution in [2.45, 2.75) is 39.7 Å². The molecular formula is C17H25N5. The maximum atomic E-state index is 4.54. The number of fused-ring (bicyclic) bond motifs is 1. The zero-order chi connectivity index (χ0) is 15.2. The van der Waals surface area contributed by atoms with Crippen LogP contribution in [0.2, 0.25) is 0 Å². The average Bonchev–Trinajstić information content (AvgIpc) is 3.05. The third-order valence-electron chi connectivity index (χ3n) is 5.43. The van der Waals surface area contributed by atoms with Crippen LogP contribution in [0, 0.1) is 19.3 Å². The van der Waals surface area contributed by atoms with Gasteiger partial charge < -0.3 is 5.32 Å². The molecule has 118 valence electrons. The molecule has 0 aliphatic carbocycles. The predicted molar refractivity (Wildman–Crippen MR) is 86.9 cm³/mol. The molecule has 0 bridgehead atoms. The van der Waals surface area contributed by atoms with Gasteiger partial charge in [0.2, 0.25) is 5.78 Å². The van der Waals surface area contributed by atoms with E-state index < -0.39 is 0 Å². The van der Waals surface area contributed by atoms with Gasteiger partial charge >= 0.3 is 0 Å². The van der Waals surface area contributed by atoms with E-state index in [1.165, 1.54) is 56.8 Å². The second-order valence-electron chi connectivity index (χ2n) is 7.13. The van der Waals surface area contributed by atoms with E-state index in [0.29, 0.717) is 5.41 Å². The van der Waals surface area contributed by atoms with Crippen LogP contribution in [0.25, 0.3) is 5.78 Å². The molecule has 2 aliphatic rings. The van der Waals surface area contributed by atoms with Gasteiger partial charge in [-0.15, -0.1) is 0 Å². The highest BCUT2D eigenvalue weighted by Crippen LogP contribution is 2.39. The van der Waals surface area contributed by atoms with Crippen LogP contribution in [-0.4, -0.2) is 45.4 Å². The Labute approximate surface area is 131 Å². The molecule has 0 aromatic carbocycles. The summed E-state index contributed by atoms with van der Waals surface area (Å²) in [5, 5.41) is 3.49. The van der Waals surface area contributed by atoms with Gasteiger partial charge in [-0.25, -0.2) is 9.97 Å². The Morgan fingerprint density at radius 1 is 1.23 bits per heavy atom. The second-order valence-corrected chi connectivity index (χ2v) is 7.13. The van der Waals surface area contributed by atoms with Crippen molar-refractivity contribution in [3.05, 3.63) is 29.3 Å². The van der Waals surface area contributed by atoms with E-state index in [1.54, 1.807) is 0 Å². The summed E-state index contributed by atoms with van der Waals surface area (Å²) in [6.45, 7) is 9.99. The summed E-state index contributed by atoms with van der Waals surface area (Å²) in [4.78, 5) is 11.6. The van der Waals surface area contributed by atoms with Gasteiger partial charge in [0.15, 0.2) is 0 Å². The van der Waals surface area contributed by atoms with E-state index in [2.05, 4.69) is 37.6 Å². The van der Waals surface area contributed by atoms with Crippen LogP contribution < -0.4 is 5.32 Å². The van der Waals surface area contributed by atoms with Crippen LogP contribution in [0.15, 0.2) is 12.3 Å². The lowest BCUT2D eigenvalue weighted by Crippen LogP contribution is -2.38. The summed E-state index contributed by atoms with van der Waals surface area (Å²) in [5.74, 6) is 0.836. The number of aromatic nitrogens is 3. The Kier molecular flexibility index (Phi) is 3.42. The van der Waals surface area contributed by atoms with Gasteiger partial charge in [0.25, 0.3) is 0 Å². The van der Waals surface area contributed by atoms with Crippen molar-refractivity contribution >= 4 is 5.78 Å². The van der Waals surface area contributed by atoms with E-state index in [1.807, 2.05) is 13.1 Å².